The molecule has 0 fully saturated rings. The molecular weight excluding hydrogens is 336 g/mol. The predicted molar refractivity (Wildman–Crippen MR) is 100.0 cm³/mol. The van der Waals surface area contributed by atoms with Gasteiger partial charge in [-0.1, -0.05) is 30.3 Å². The molecule has 4 aromatic rings. The van der Waals surface area contributed by atoms with E-state index in [0.29, 0.717) is 27.7 Å². The van der Waals surface area contributed by atoms with Crippen molar-refractivity contribution in [3.63, 3.8) is 0 Å². The van der Waals surface area contributed by atoms with E-state index in [1.807, 2.05) is 48.5 Å². The molecule has 4 rings (SSSR count). The Morgan fingerprint density at radius 2 is 1.68 bits per heavy atom. The summed E-state index contributed by atoms with van der Waals surface area (Å²) in [6.45, 7) is 0. The molecular formula is C20H13ClN2O2. The number of hydrogen-bond acceptors (Lipinski definition) is 3. The number of halogens is 1. The van der Waals surface area contributed by atoms with Gasteiger partial charge in [-0.15, -0.1) is 0 Å². The van der Waals surface area contributed by atoms with Crippen LogP contribution in [0.3, 0.4) is 0 Å². The lowest BCUT2D eigenvalue weighted by atomic mass is 10.2. The largest absolute Gasteiger partial charge is 0.445 e. The molecule has 122 valence electrons. The number of aromatic nitrogens is 2. The Kier molecular flexibility index (Phi) is 3.96. The quantitative estimate of drug-likeness (QED) is 0.534. The zero-order valence-corrected chi connectivity index (χ0v) is 13.9. The molecule has 0 saturated heterocycles. The van der Waals surface area contributed by atoms with Crippen LogP contribution in [0.2, 0.25) is 5.22 Å². The van der Waals surface area contributed by atoms with E-state index >= 15 is 0 Å². The highest BCUT2D eigenvalue weighted by molar-refractivity contribution is 6.28. The Balaban J connectivity index is 1.95. The van der Waals surface area contributed by atoms with Crippen LogP contribution in [-0.2, 0) is 0 Å². The Morgan fingerprint density at radius 1 is 0.920 bits per heavy atom. The fourth-order valence-electron chi connectivity index (χ4n) is 2.66. The van der Waals surface area contributed by atoms with Gasteiger partial charge in [-0.3, -0.25) is 9.36 Å². The molecule has 0 bridgehead atoms. The third kappa shape index (κ3) is 2.99. The summed E-state index contributed by atoms with van der Waals surface area (Å²) in [5.41, 5.74) is 1.29. The number of para-hydroxylation sites is 2. The summed E-state index contributed by atoms with van der Waals surface area (Å²) < 4.78 is 6.92. The van der Waals surface area contributed by atoms with Crippen LogP contribution in [0.4, 0.5) is 0 Å². The molecule has 0 aliphatic rings. The number of benzene rings is 2. The maximum absolute atomic E-state index is 13.0. The first-order valence-electron chi connectivity index (χ1n) is 7.73. The molecule has 0 radical (unpaired) electrons. The van der Waals surface area contributed by atoms with Gasteiger partial charge >= 0.3 is 0 Å². The van der Waals surface area contributed by atoms with E-state index in [1.54, 1.807) is 34.9 Å². The van der Waals surface area contributed by atoms with Crippen molar-refractivity contribution in [2.24, 2.45) is 0 Å². The third-order valence-electron chi connectivity index (χ3n) is 3.81. The van der Waals surface area contributed by atoms with Crippen LogP contribution in [0.5, 0.6) is 0 Å². The second kappa shape index (κ2) is 6.42. The van der Waals surface area contributed by atoms with E-state index in [-0.39, 0.29) is 5.56 Å². The molecule has 2 heterocycles. The predicted octanol–water partition coefficient (Wildman–Crippen LogP) is 4.80. The fraction of sp³-hybridized carbons (Fsp3) is 0. The van der Waals surface area contributed by atoms with Gasteiger partial charge in [0, 0.05) is 0 Å². The number of fused-ring (bicyclic) bond motifs is 1. The normalized spacial score (nSPS) is 11.4. The molecule has 5 heteroatoms. The Bertz CT molecular complexity index is 1130. The number of nitrogens with zero attached hydrogens (tertiary/aromatic N) is 2. The first kappa shape index (κ1) is 15.4. The molecule has 0 spiro atoms. The molecule has 0 N–H and O–H groups in total. The van der Waals surface area contributed by atoms with Crippen molar-refractivity contribution in [3.8, 4) is 5.69 Å². The highest BCUT2D eigenvalue weighted by Gasteiger charge is 2.10. The van der Waals surface area contributed by atoms with Crippen molar-refractivity contribution in [2.45, 2.75) is 0 Å². The smallest absolute Gasteiger partial charge is 0.266 e. The monoisotopic (exact) mass is 348 g/mol. The average molecular weight is 349 g/mol. The van der Waals surface area contributed by atoms with Gasteiger partial charge in [-0.05, 0) is 60.2 Å². The maximum atomic E-state index is 13.0. The minimum atomic E-state index is -0.117. The zero-order valence-electron chi connectivity index (χ0n) is 13.1. The summed E-state index contributed by atoms with van der Waals surface area (Å²) in [6.07, 6.45) is 3.48. The van der Waals surface area contributed by atoms with Crippen LogP contribution in [0, 0.1) is 0 Å². The van der Waals surface area contributed by atoms with E-state index in [4.69, 9.17) is 16.0 Å². The molecule has 0 amide bonds. The number of furan rings is 1. The van der Waals surface area contributed by atoms with Crippen LogP contribution >= 0.6 is 11.6 Å². The molecule has 2 aromatic heterocycles. The molecule has 4 nitrogen and oxygen atoms in total. The topological polar surface area (TPSA) is 48.0 Å². The number of rotatable bonds is 3. The second-order valence-corrected chi connectivity index (χ2v) is 5.81. The highest BCUT2D eigenvalue weighted by Crippen LogP contribution is 2.17. The average Bonchev–Trinajstić information content (AvgIpc) is 3.06. The first-order chi connectivity index (χ1) is 12.2. The van der Waals surface area contributed by atoms with Crippen molar-refractivity contribution in [1.82, 2.24) is 9.55 Å². The van der Waals surface area contributed by atoms with Crippen molar-refractivity contribution >= 4 is 34.7 Å². The van der Waals surface area contributed by atoms with Crippen molar-refractivity contribution in [1.29, 1.82) is 0 Å². The van der Waals surface area contributed by atoms with Gasteiger partial charge in [0.25, 0.3) is 5.56 Å². The van der Waals surface area contributed by atoms with Crippen LogP contribution in [0.1, 0.15) is 11.6 Å². The molecule has 0 aliphatic carbocycles. The minimum absolute atomic E-state index is 0.117. The van der Waals surface area contributed by atoms with Gasteiger partial charge in [0.05, 0.1) is 16.6 Å². The van der Waals surface area contributed by atoms with Crippen molar-refractivity contribution in [2.75, 3.05) is 0 Å². The Hall–Kier alpha value is -3.11. The third-order valence-corrected chi connectivity index (χ3v) is 4.01. The molecule has 25 heavy (non-hydrogen) atoms. The zero-order chi connectivity index (χ0) is 17.2. The molecule has 0 atom stereocenters. The highest BCUT2D eigenvalue weighted by atomic mass is 35.5. The first-order valence-corrected chi connectivity index (χ1v) is 8.11. The maximum Gasteiger partial charge on any atom is 0.266 e. The second-order valence-electron chi connectivity index (χ2n) is 5.44. The van der Waals surface area contributed by atoms with Crippen molar-refractivity contribution in [3.05, 3.63) is 93.9 Å². The summed E-state index contributed by atoms with van der Waals surface area (Å²) in [7, 11) is 0. The fourth-order valence-corrected chi connectivity index (χ4v) is 2.81. The number of hydrogen-bond donors (Lipinski definition) is 0. The van der Waals surface area contributed by atoms with E-state index in [0.717, 1.165) is 5.69 Å². The minimum Gasteiger partial charge on any atom is -0.445 e. The van der Waals surface area contributed by atoms with E-state index in [9.17, 15) is 4.79 Å². The van der Waals surface area contributed by atoms with Crippen LogP contribution in [-0.4, -0.2) is 9.55 Å². The Labute approximate surface area is 148 Å². The lowest BCUT2D eigenvalue weighted by Gasteiger charge is -2.11. The van der Waals surface area contributed by atoms with E-state index in [2.05, 4.69) is 4.98 Å². The van der Waals surface area contributed by atoms with Gasteiger partial charge in [0.2, 0.25) is 0 Å². The molecule has 0 saturated carbocycles. The van der Waals surface area contributed by atoms with Gasteiger partial charge in [0.15, 0.2) is 5.22 Å². The van der Waals surface area contributed by atoms with Gasteiger partial charge in [-0.2, -0.15) is 0 Å². The van der Waals surface area contributed by atoms with Gasteiger partial charge in [-0.25, -0.2) is 4.98 Å². The Morgan fingerprint density at radius 3 is 2.44 bits per heavy atom. The standard InChI is InChI=1S/C20H13ClN2O2/c21-18-12-10-15(25-18)11-13-19-22-17-9-5-4-8-16(17)20(24)23(19)14-6-2-1-3-7-14/h1-13H. The summed E-state index contributed by atoms with van der Waals surface area (Å²) in [5.74, 6) is 1.11. The van der Waals surface area contributed by atoms with E-state index < -0.39 is 0 Å². The van der Waals surface area contributed by atoms with Crippen LogP contribution in [0.25, 0.3) is 28.7 Å². The summed E-state index contributed by atoms with van der Waals surface area (Å²) in [6, 6.07) is 20.2. The van der Waals surface area contributed by atoms with Crippen molar-refractivity contribution < 1.29 is 4.42 Å². The lowest BCUT2D eigenvalue weighted by molar-refractivity contribution is 0.559. The lowest BCUT2D eigenvalue weighted by Crippen LogP contribution is -2.22. The summed E-state index contributed by atoms with van der Waals surface area (Å²) in [5, 5.41) is 0.885. The molecule has 0 unspecified atom stereocenters. The molecule has 0 aliphatic heterocycles. The molecule has 2 aromatic carbocycles. The van der Waals surface area contributed by atoms with Crippen LogP contribution < -0.4 is 5.56 Å². The summed E-state index contributed by atoms with van der Waals surface area (Å²) in [4.78, 5) is 17.6. The van der Waals surface area contributed by atoms with Crippen LogP contribution in [0.15, 0.2) is 75.9 Å². The van der Waals surface area contributed by atoms with Gasteiger partial charge in [0.1, 0.15) is 11.6 Å². The van der Waals surface area contributed by atoms with E-state index in [1.165, 1.54) is 0 Å². The summed E-state index contributed by atoms with van der Waals surface area (Å²) >= 11 is 5.80. The van der Waals surface area contributed by atoms with Gasteiger partial charge < -0.3 is 4.42 Å². The SMILES string of the molecule is O=c1c2ccccc2nc(C=Cc2ccc(Cl)o2)n1-c1ccccc1.